The van der Waals surface area contributed by atoms with Crippen molar-refractivity contribution in [3.05, 3.63) is 45.6 Å². The highest BCUT2D eigenvalue weighted by atomic mass is 35.5. The van der Waals surface area contributed by atoms with Crippen LogP contribution in [0.25, 0.3) is 21.8 Å². The van der Waals surface area contributed by atoms with Gasteiger partial charge in [0, 0.05) is 26.8 Å². The van der Waals surface area contributed by atoms with Crippen LogP contribution in [0.15, 0.2) is 24.3 Å². The number of nitrogens with zero attached hydrogens (tertiary/aromatic N) is 1. The number of aryl methyl sites for hydroxylation is 2. The van der Waals surface area contributed by atoms with Gasteiger partial charge in [-0.2, -0.15) is 0 Å². The van der Waals surface area contributed by atoms with Gasteiger partial charge in [0.15, 0.2) is 0 Å². The largest absolute Gasteiger partial charge is 0.733 e. The zero-order chi connectivity index (χ0) is 13.7. The molecular weight excluding hydrogens is 264 g/mol. The maximum atomic E-state index is 11.2. The third-order valence-electron chi connectivity index (χ3n) is 3.47. The van der Waals surface area contributed by atoms with Gasteiger partial charge in [-0.05, 0) is 49.2 Å². The predicted molar refractivity (Wildman–Crippen MR) is 77.9 cm³/mol. The molecule has 0 saturated heterocycles. The third-order valence-corrected chi connectivity index (χ3v) is 3.71. The van der Waals surface area contributed by atoms with E-state index in [-0.39, 0.29) is 10.9 Å². The van der Waals surface area contributed by atoms with Crippen LogP contribution in [0.5, 0.6) is 0 Å². The van der Waals surface area contributed by atoms with Gasteiger partial charge in [-0.25, -0.2) is 0 Å². The van der Waals surface area contributed by atoms with Gasteiger partial charge in [-0.3, -0.25) is 5.21 Å². The average molecular weight is 276 g/mol. The summed E-state index contributed by atoms with van der Waals surface area (Å²) >= 11 is 6.04. The number of nitrogens with one attached hydrogen (secondary N) is 1. The van der Waals surface area contributed by atoms with Crippen molar-refractivity contribution in [3.63, 3.8) is 0 Å². The molecule has 2 aromatic carbocycles. The van der Waals surface area contributed by atoms with E-state index in [0.29, 0.717) is 5.02 Å². The summed E-state index contributed by atoms with van der Waals surface area (Å²) in [6, 6.07) is 7.25. The fourth-order valence-corrected chi connectivity index (χ4v) is 2.73. The van der Waals surface area contributed by atoms with Crippen molar-refractivity contribution in [1.29, 1.82) is 0 Å². The van der Waals surface area contributed by atoms with Crippen LogP contribution in [0.4, 0.5) is 5.69 Å². The first-order valence-corrected chi connectivity index (χ1v) is 6.24. The van der Waals surface area contributed by atoms with Crippen LogP contribution in [0, 0.1) is 19.1 Å². The SMILES string of the molecule is Cc1cc(N([O-])O)c(C)c2c1[nH]c1ccc(Cl)cc12. The number of hydrogen-bond acceptors (Lipinski definition) is 3. The molecule has 0 aliphatic carbocycles. The van der Waals surface area contributed by atoms with Gasteiger partial charge in [0.05, 0.1) is 5.69 Å². The number of H-pyrrole nitrogens is 1. The fraction of sp³-hybridized carbons (Fsp3) is 0.143. The molecule has 0 aliphatic heterocycles. The van der Waals surface area contributed by atoms with Crippen molar-refractivity contribution in [1.82, 2.24) is 4.98 Å². The minimum absolute atomic E-state index is 0.0921. The summed E-state index contributed by atoms with van der Waals surface area (Å²) in [7, 11) is 0. The van der Waals surface area contributed by atoms with E-state index in [0.717, 1.165) is 32.9 Å². The van der Waals surface area contributed by atoms with Crippen molar-refractivity contribution in [2.45, 2.75) is 13.8 Å². The van der Waals surface area contributed by atoms with Crippen molar-refractivity contribution in [2.75, 3.05) is 5.23 Å². The lowest BCUT2D eigenvalue weighted by molar-refractivity contribution is 0.296. The van der Waals surface area contributed by atoms with Crippen molar-refractivity contribution in [2.24, 2.45) is 0 Å². The maximum Gasteiger partial charge on any atom is 0.0548 e. The first kappa shape index (κ1) is 12.3. The summed E-state index contributed by atoms with van der Waals surface area (Å²) in [4.78, 5) is 3.32. The number of fused-ring (bicyclic) bond motifs is 3. The van der Waals surface area contributed by atoms with E-state index < -0.39 is 0 Å². The molecule has 4 nitrogen and oxygen atoms in total. The summed E-state index contributed by atoms with van der Waals surface area (Å²) in [6.45, 7) is 3.71. The topological polar surface area (TPSA) is 62.3 Å². The summed E-state index contributed by atoms with van der Waals surface area (Å²) in [5.74, 6) is 0. The first-order valence-electron chi connectivity index (χ1n) is 5.86. The molecule has 3 rings (SSSR count). The van der Waals surface area contributed by atoms with Crippen LogP contribution in [-0.2, 0) is 0 Å². The lowest BCUT2D eigenvalue weighted by Crippen LogP contribution is -2.09. The van der Waals surface area contributed by atoms with Crippen LogP contribution in [-0.4, -0.2) is 10.2 Å². The first-order chi connectivity index (χ1) is 8.99. The third kappa shape index (κ3) is 1.76. The second-order valence-corrected chi connectivity index (χ2v) is 5.11. The zero-order valence-corrected chi connectivity index (χ0v) is 11.2. The smallest absolute Gasteiger partial charge is 0.0548 e. The summed E-state index contributed by atoms with van der Waals surface area (Å²) in [5, 5.41) is 22.8. The second-order valence-electron chi connectivity index (χ2n) is 4.68. The number of aromatic amines is 1. The molecule has 0 spiro atoms. The van der Waals surface area contributed by atoms with E-state index in [1.165, 1.54) is 0 Å². The van der Waals surface area contributed by atoms with Gasteiger partial charge in [-0.15, -0.1) is 0 Å². The Morgan fingerprint density at radius 2 is 2.00 bits per heavy atom. The minimum atomic E-state index is -0.0921. The monoisotopic (exact) mass is 275 g/mol. The lowest BCUT2D eigenvalue weighted by Gasteiger charge is -2.24. The molecular formula is C14H12ClN2O2-. The van der Waals surface area contributed by atoms with Gasteiger partial charge < -0.3 is 15.4 Å². The highest BCUT2D eigenvalue weighted by molar-refractivity contribution is 6.32. The van der Waals surface area contributed by atoms with E-state index in [4.69, 9.17) is 11.6 Å². The van der Waals surface area contributed by atoms with E-state index in [1.807, 2.05) is 32.0 Å². The molecule has 3 aromatic rings. The second kappa shape index (κ2) is 4.13. The van der Waals surface area contributed by atoms with Gasteiger partial charge in [0.25, 0.3) is 0 Å². The molecule has 0 fully saturated rings. The molecule has 0 unspecified atom stereocenters. The average Bonchev–Trinajstić information content (AvgIpc) is 2.72. The lowest BCUT2D eigenvalue weighted by atomic mass is 10.0. The van der Waals surface area contributed by atoms with Crippen LogP contribution >= 0.6 is 11.6 Å². The number of benzene rings is 2. The molecule has 1 aromatic heterocycles. The number of anilines is 1. The molecule has 1 heterocycles. The molecule has 0 amide bonds. The van der Waals surface area contributed by atoms with E-state index in [2.05, 4.69) is 4.98 Å². The molecule has 98 valence electrons. The van der Waals surface area contributed by atoms with Gasteiger partial charge >= 0.3 is 0 Å². The molecule has 5 heteroatoms. The Balaban J connectivity index is 2.54. The van der Waals surface area contributed by atoms with Crippen LogP contribution in [0.1, 0.15) is 11.1 Å². The Labute approximate surface area is 114 Å². The number of hydrogen-bond donors (Lipinski definition) is 2. The standard InChI is InChI=1S/C14H12ClN2O2/c1-7-5-12(17(18)19)8(2)13-10-6-9(15)3-4-11(10)16-14(7)13/h3-6,16,18H,1-2H3/q-1. The normalized spacial score (nSPS) is 11.4. The Morgan fingerprint density at radius 3 is 2.68 bits per heavy atom. The number of aromatic nitrogens is 1. The number of rotatable bonds is 1. The Morgan fingerprint density at radius 1 is 1.26 bits per heavy atom. The minimum Gasteiger partial charge on any atom is -0.733 e. The quantitative estimate of drug-likeness (QED) is 0.651. The molecule has 19 heavy (non-hydrogen) atoms. The van der Waals surface area contributed by atoms with Crippen molar-refractivity contribution < 1.29 is 5.21 Å². The molecule has 0 radical (unpaired) electrons. The predicted octanol–water partition coefficient (Wildman–Crippen LogP) is 4.28. The van der Waals surface area contributed by atoms with Crippen LogP contribution < -0.4 is 5.23 Å². The van der Waals surface area contributed by atoms with E-state index >= 15 is 0 Å². The Bertz CT molecular complexity index is 793. The molecule has 0 saturated carbocycles. The maximum absolute atomic E-state index is 11.2. The highest BCUT2D eigenvalue weighted by Crippen LogP contribution is 2.36. The van der Waals surface area contributed by atoms with Crippen LogP contribution in [0.2, 0.25) is 5.02 Å². The number of halogens is 1. The van der Waals surface area contributed by atoms with E-state index in [1.54, 1.807) is 6.07 Å². The van der Waals surface area contributed by atoms with Gasteiger partial charge in [0.2, 0.25) is 0 Å². The Hall–Kier alpha value is -1.75. The summed E-state index contributed by atoms with van der Waals surface area (Å²) < 4.78 is 0. The molecule has 0 atom stereocenters. The van der Waals surface area contributed by atoms with Gasteiger partial charge in [0.1, 0.15) is 0 Å². The highest BCUT2D eigenvalue weighted by Gasteiger charge is 2.13. The van der Waals surface area contributed by atoms with Crippen molar-refractivity contribution in [3.8, 4) is 0 Å². The van der Waals surface area contributed by atoms with Crippen LogP contribution in [0.3, 0.4) is 0 Å². The molecule has 0 aliphatic rings. The Kier molecular flexibility index (Phi) is 2.67. The fourth-order valence-electron chi connectivity index (χ4n) is 2.56. The summed E-state index contributed by atoms with van der Waals surface area (Å²) in [6.07, 6.45) is 0. The molecule has 0 bridgehead atoms. The molecule has 2 N–H and O–H groups in total. The van der Waals surface area contributed by atoms with E-state index in [9.17, 15) is 10.4 Å². The summed E-state index contributed by atoms with van der Waals surface area (Å²) in [5.41, 5.74) is 3.80. The van der Waals surface area contributed by atoms with Gasteiger partial charge in [-0.1, -0.05) is 11.6 Å². The zero-order valence-electron chi connectivity index (χ0n) is 10.5. The van der Waals surface area contributed by atoms with Crippen molar-refractivity contribution >= 4 is 39.1 Å².